The van der Waals surface area contributed by atoms with Crippen LogP contribution in [0.4, 0.5) is 0 Å². The summed E-state index contributed by atoms with van der Waals surface area (Å²) in [6, 6.07) is 11.8. The van der Waals surface area contributed by atoms with Crippen LogP contribution in [-0.4, -0.2) is 20.4 Å². The van der Waals surface area contributed by atoms with Crippen LogP contribution in [-0.2, 0) is 7.05 Å². The highest BCUT2D eigenvalue weighted by molar-refractivity contribution is 7.71. The number of aromatic nitrogens is 3. The van der Waals surface area contributed by atoms with E-state index in [1.54, 1.807) is 23.3 Å². The molecular formula is C14H12N4S. The number of imidazole rings is 1. The molecule has 4 nitrogen and oxygen atoms in total. The van der Waals surface area contributed by atoms with Crippen LogP contribution in [0.2, 0.25) is 0 Å². The first-order chi connectivity index (χ1) is 9.27. The fraction of sp³-hybridized carbons (Fsp3) is 0.0714. The molecule has 3 rings (SSSR count). The van der Waals surface area contributed by atoms with Crippen LogP contribution in [0, 0.1) is 4.77 Å². The first-order valence-corrected chi connectivity index (χ1v) is 6.29. The van der Waals surface area contributed by atoms with E-state index in [0.717, 1.165) is 16.6 Å². The zero-order chi connectivity index (χ0) is 13.2. The predicted molar refractivity (Wildman–Crippen MR) is 79.0 cm³/mol. The van der Waals surface area contributed by atoms with Gasteiger partial charge in [0.15, 0.2) is 0 Å². The van der Waals surface area contributed by atoms with Crippen molar-refractivity contribution < 1.29 is 0 Å². The lowest BCUT2D eigenvalue weighted by Crippen LogP contribution is -1.93. The first kappa shape index (κ1) is 11.8. The molecule has 0 aliphatic heterocycles. The fourth-order valence-electron chi connectivity index (χ4n) is 1.96. The Kier molecular flexibility index (Phi) is 2.97. The second-order valence-corrected chi connectivity index (χ2v) is 4.54. The van der Waals surface area contributed by atoms with Crippen LogP contribution in [0.25, 0.3) is 11.0 Å². The van der Waals surface area contributed by atoms with E-state index in [2.05, 4.69) is 10.1 Å². The highest BCUT2D eigenvalue weighted by Gasteiger charge is 2.05. The van der Waals surface area contributed by atoms with E-state index in [-0.39, 0.29) is 0 Å². The van der Waals surface area contributed by atoms with Gasteiger partial charge in [-0.2, -0.15) is 5.10 Å². The summed E-state index contributed by atoms with van der Waals surface area (Å²) in [7, 11) is 1.95. The molecule has 0 amide bonds. The molecule has 0 N–H and O–H groups in total. The third-order valence-corrected chi connectivity index (χ3v) is 3.39. The Morgan fingerprint density at radius 3 is 2.68 bits per heavy atom. The van der Waals surface area contributed by atoms with E-state index in [4.69, 9.17) is 12.2 Å². The summed E-state index contributed by atoms with van der Waals surface area (Å²) in [4.78, 5) is 4.06. The average molecular weight is 268 g/mol. The highest BCUT2D eigenvalue weighted by atomic mass is 32.1. The minimum Gasteiger partial charge on any atom is -0.318 e. The van der Waals surface area contributed by atoms with Crippen molar-refractivity contribution in [2.45, 2.75) is 0 Å². The molecular weight excluding hydrogens is 256 g/mol. The molecule has 0 unspecified atom stereocenters. The van der Waals surface area contributed by atoms with Gasteiger partial charge in [-0.05, 0) is 30.4 Å². The molecule has 0 aliphatic rings. The molecule has 0 atom stereocenters. The SMILES string of the molecule is Cn1c(=S)n(N=Cc2cccnc2)c2ccccc21. The van der Waals surface area contributed by atoms with Crippen LogP contribution >= 0.6 is 12.2 Å². The highest BCUT2D eigenvalue weighted by Crippen LogP contribution is 2.16. The molecule has 0 aliphatic carbocycles. The van der Waals surface area contributed by atoms with Crippen molar-refractivity contribution in [2.75, 3.05) is 0 Å². The normalized spacial score (nSPS) is 11.4. The lowest BCUT2D eigenvalue weighted by Gasteiger charge is -1.95. The van der Waals surface area contributed by atoms with Gasteiger partial charge in [0, 0.05) is 25.0 Å². The zero-order valence-electron chi connectivity index (χ0n) is 10.4. The lowest BCUT2D eigenvalue weighted by molar-refractivity contribution is 0.818. The van der Waals surface area contributed by atoms with E-state index in [9.17, 15) is 0 Å². The topological polar surface area (TPSA) is 35.1 Å². The third-order valence-electron chi connectivity index (χ3n) is 2.95. The van der Waals surface area contributed by atoms with Crippen LogP contribution in [0.5, 0.6) is 0 Å². The van der Waals surface area contributed by atoms with E-state index in [0.29, 0.717) is 4.77 Å². The summed E-state index contributed by atoms with van der Waals surface area (Å²) in [6.07, 6.45) is 5.26. The van der Waals surface area contributed by atoms with Crippen LogP contribution < -0.4 is 0 Å². The molecule has 3 aromatic rings. The molecule has 1 aromatic carbocycles. The van der Waals surface area contributed by atoms with Crippen molar-refractivity contribution >= 4 is 29.5 Å². The zero-order valence-corrected chi connectivity index (χ0v) is 11.2. The van der Waals surface area contributed by atoms with Crippen LogP contribution in [0.3, 0.4) is 0 Å². The second kappa shape index (κ2) is 4.78. The van der Waals surface area contributed by atoms with Gasteiger partial charge in [-0.3, -0.25) is 4.98 Å². The second-order valence-electron chi connectivity index (χ2n) is 4.17. The molecule has 0 saturated heterocycles. The molecule has 94 valence electrons. The van der Waals surface area contributed by atoms with Gasteiger partial charge < -0.3 is 4.57 Å². The maximum Gasteiger partial charge on any atom is 0.201 e. The molecule has 2 heterocycles. The van der Waals surface area contributed by atoms with Crippen LogP contribution in [0.1, 0.15) is 5.56 Å². The summed E-state index contributed by atoms with van der Waals surface area (Å²) < 4.78 is 4.38. The van der Waals surface area contributed by atoms with Gasteiger partial charge >= 0.3 is 0 Å². The van der Waals surface area contributed by atoms with E-state index in [1.807, 2.05) is 48.0 Å². The lowest BCUT2D eigenvalue weighted by atomic mass is 10.3. The van der Waals surface area contributed by atoms with Crippen molar-refractivity contribution in [3.05, 3.63) is 59.1 Å². The number of aryl methyl sites for hydroxylation is 1. The first-order valence-electron chi connectivity index (χ1n) is 5.88. The predicted octanol–water partition coefficient (Wildman–Crippen LogP) is 2.99. The summed E-state index contributed by atoms with van der Waals surface area (Å²) in [5, 5.41) is 4.45. The van der Waals surface area contributed by atoms with Gasteiger partial charge in [0.2, 0.25) is 4.77 Å². The van der Waals surface area contributed by atoms with Crippen molar-refractivity contribution in [3.8, 4) is 0 Å². The van der Waals surface area contributed by atoms with E-state index in [1.165, 1.54) is 0 Å². The van der Waals surface area contributed by atoms with Gasteiger partial charge in [-0.15, -0.1) is 0 Å². The molecule has 5 heteroatoms. The maximum absolute atomic E-state index is 5.41. The Balaban J connectivity index is 2.14. The molecule has 2 aromatic heterocycles. The fourth-order valence-corrected chi connectivity index (χ4v) is 2.21. The monoisotopic (exact) mass is 268 g/mol. The number of fused-ring (bicyclic) bond motifs is 1. The Morgan fingerprint density at radius 2 is 1.95 bits per heavy atom. The summed E-state index contributed by atoms with van der Waals surface area (Å²) in [6.45, 7) is 0. The summed E-state index contributed by atoms with van der Waals surface area (Å²) >= 11 is 5.41. The van der Waals surface area contributed by atoms with Gasteiger partial charge in [0.1, 0.15) is 0 Å². The number of rotatable bonds is 2. The quantitative estimate of drug-likeness (QED) is 0.529. The van der Waals surface area contributed by atoms with Gasteiger partial charge in [-0.1, -0.05) is 18.2 Å². The maximum atomic E-state index is 5.41. The number of hydrogen-bond acceptors (Lipinski definition) is 3. The Bertz CT molecular complexity index is 799. The standard InChI is InChI=1S/C14H12N4S/c1-17-12-6-2-3-7-13(12)18(14(17)19)16-10-11-5-4-8-15-9-11/h2-10H,1H3. The van der Waals surface area contributed by atoms with Gasteiger partial charge in [0.05, 0.1) is 17.2 Å². The minimum absolute atomic E-state index is 0.668. The van der Waals surface area contributed by atoms with Gasteiger partial charge in [-0.25, -0.2) is 4.68 Å². The molecule has 19 heavy (non-hydrogen) atoms. The van der Waals surface area contributed by atoms with Crippen molar-refractivity contribution in [1.82, 2.24) is 14.2 Å². The number of para-hydroxylation sites is 2. The molecule has 0 radical (unpaired) electrons. The third kappa shape index (κ3) is 2.08. The minimum atomic E-state index is 0.668. The van der Waals surface area contributed by atoms with Gasteiger partial charge in [0.25, 0.3) is 0 Å². The van der Waals surface area contributed by atoms with Crippen molar-refractivity contribution in [3.63, 3.8) is 0 Å². The summed E-state index contributed by atoms with van der Waals surface area (Å²) in [5.41, 5.74) is 3.00. The molecule has 0 fully saturated rings. The van der Waals surface area contributed by atoms with Crippen molar-refractivity contribution in [1.29, 1.82) is 0 Å². The molecule has 0 saturated carbocycles. The van der Waals surface area contributed by atoms with Crippen molar-refractivity contribution in [2.24, 2.45) is 12.1 Å². The number of pyridine rings is 1. The molecule has 0 spiro atoms. The molecule has 0 bridgehead atoms. The number of benzene rings is 1. The Labute approximate surface area is 115 Å². The summed E-state index contributed by atoms with van der Waals surface area (Å²) in [5.74, 6) is 0. The van der Waals surface area contributed by atoms with E-state index >= 15 is 0 Å². The Hall–Kier alpha value is -2.27. The number of nitrogens with zero attached hydrogens (tertiary/aromatic N) is 4. The smallest absolute Gasteiger partial charge is 0.201 e. The number of hydrogen-bond donors (Lipinski definition) is 0. The van der Waals surface area contributed by atoms with E-state index < -0.39 is 0 Å². The Morgan fingerprint density at radius 1 is 1.16 bits per heavy atom. The van der Waals surface area contributed by atoms with Crippen LogP contribution in [0.15, 0.2) is 53.9 Å². The largest absolute Gasteiger partial charge is 0.318 e. The average Bonchev–Trinajstić information content (AvgIpc) is 2.71.